The van der Waals surface area contributed by atoms with E-state index in [-0.39, 0.29) is 26.1 Å². The van der Waals surface area contributed by atoms with Gasteiger partial charge >= 0.3 is 6.18 Å². The largest absolute Gasteiger partial charge is 0.393 e. The van der Waals surface area contributed by atoms with E-state index in [0.29, 0.717) is 0 Å². The highest BCUT2D eigenvalue weighted by Crippen LogP contribution is 2.33. The number of carbonyl (C=O) groups excluding carboxylic acids is 1. The Kier molecular flexibility index (Phi) is 2.80. The second-order valence-electron chi connectivity index (χ2n) is 3.07. The van der Waals surface area contributed by atoms with Crippen molar-refractivity contribution >= 4 is 5.91 Å². The first kappa shape index (κ1) is 10.3. The molecule has 1 atom stereocenters. The quantitative estimate of drug-likeness (QED) is 0.658. The summed E-state index contributed by atoms with van der Waals surface area (Å²) in [7, 11) is 0. The van der Waals surface area contributed by atoms with Crippen molar-refractivity contribution < 1.29 is 18.0 Å². The fourth-order valence-electron chi connectivity index (χ4n) is 1.38. The standard InChI is InChI=1S/C7H11F3N2O/c8-7(9,10)5-1-2-12(4-5)6(13)3-11/h5H,1-4,11H2/t5-/m0/s1. The van der Waals surface area contributed by atoms with Crippen LogP contribution in [0.3, 0.4) is 0 Å². The number of amides is 1. The molecule has 1 aliphatic rings. The fourth-order valence-corrected chi connectivity index (χ4v) is 1.38. The van der Waals surface area contributed by atoms with Crippen LogP contribution in [0.4, 0.5) is 13.2 Å². The average molecular weight is 196 g/mol. The van der Waals surface area contributed by atoms with E-state index < -0.39 is 18.0 Å². The number of likely N-dealkylation sites (tertiary alicyclic amines) is 1. The minimum absolute atomic E-state index is 0.00472. The Morgan fingerprint density at radius 2 is 2.15 bits per heavy atom. The molecule has 0 aliphatic carbocycles. The SMILES string of the molecule is NCC(=O)N1CC[C@H](C(F)(F)F)C1. The minimum atomic E-state index is -4.19. The lowest BCUT2D eigenvalue weighted by Gasteiger charge is -2.16. The smallest absolute Gasteiger partial charge is 0.341 e. The van der Waals surface area contributed by atoms with E-state index in [1.165, 1.54) is 0 Å². The molecule has 0 spiro atoms. The van der Waals surface area contributed by atoms with E-state index in [9.17, 15) is 18.0 Å². The van der Waals surface area contributed by atoms with Gasteiger partial charge in [0.2, 0.25) is 5.91 Å². The molecule has 76 valence electrons. The van der Waals surface area contributed by atoms with Crippen LogP contribution in [0, 0.1) is 5.92 Å². The summed E-state index contributed by atoms with van der Waals surface area (Å²) in [4.78, 5) is 12.1. The molecule has 1 fully saturated rings. The first-order chi connectivity index (χ1) is 5.95. The van der Waals surface area contributed by atoms with Crippen molar-refractivity contribution in [3.63, 3.8) is 0 Å². The Balaban J connectivity index is 2.50. The Labute approximate surface area is 73.7 Å². The lowest BCUT2D eigenvalue weighted by molar-refractivity contribution is -0.171. The monoisotopic (exact) mass is 196 g/mol. The van der Waals surface area contributed by atoms with Crippen LogP contribution in [0.1, 0.15) is 6.42 Å². The normalized spacial score (nSPS) is 23.7. The molecule has 1 saturated heterocycles. The molecule has 1 aliphatic heterocycles. The number of nitrogens with zero attached hydrogens (tertiary/aromatic N) is 1. The molecule has 0 aromatic rings. The molecule has 1 rings (SSSR count). The van der Waals surface area contributed by atoms with Gasteiger partial charge in [0.1, 0.15) is 0 Å². The van der Waals surface area contributed by atoms with Gasteiger partial charge in [-0.3, -0.25) is 4.79 Å². The number of halogens is 3. The number of carbonyl (C=O) groups is 1. The highest BCUT2D eigenvalue weighted by Gasteiger charge is 2.44. The zero-order chi connectivity index (χ0) is 10.1. The van der Waals surface area contributed by atoms with Crippen molar-refractivity contribution in [2.24, 2.45) is 11.7 Å². The van der Waals surface area contributed by atoms with Crippen molar-refractivity contribution in [2.75, 3.05) is 19.6 Å². The lowest BCUT2D eigenvalue weighted by atomic mass is 10.1. The molecular formula is C7H11F3N2O. The molecule has 6 heteroatoms. The Hall–Kier alpha value is -0.780. The van der Waals surface area contributed by atoms with Crippen LogP contribution in [0.25, 0.3) is 0 Å². The highest BCUT2D eigenvalue weighted by molar-refractivity contribution is 5.78. The van der Waals surface area contributed by atoms with Crippen molar-refractivity contribution in [1.29, 1.82) is 0 Å². The lowest BCUT2D eigenvalue weighted by Crippen LogP contribution is -2.35. The van der Waals surface area contributed by atoms with Gasteiger partial charge in [-0.15, -0.1) is 0 Å². The Morgan fingerprint density at radius 1 is 1.54 bits per heavy atom. The van der Waals surface area contributed by atoms with Gasteiger partial charge in [-0.1, -0.05) is 0 Å². The number of rotatable bonds is 1. The topological polar surface area (TPSA) is 46.3 Å². The Morgan fingerprint density at radius 3 is 2.54 bits per heavy atom. The molecule has 0 unspecified atom stereocenters. The predicted molar refractivity (Wildman–Crippen MR) is 39.8 cm³/mol. The zero-order valence-electron chi connectivity index (χ0n) is 6.97. The second kappa shape index (κ2) is 3.53. The first-order valence-corrected chi connectivity index (χ1v) is 3.99. The van der Waals surface area contributed by atoms with Gasteiger partial charge < -0.3 is 10.6 Å². The molecule has 0 aromatic heterocycles. The number of alkyl halides is 3. The van der Waals surface area contributed by atoms with Gasteiger partial charge in [0.15, 0.2) is 0 Å². The van der Waals surface area contributed by atoms with Crippen LogP contribution in [0.2, 0.25) is 0 Å². The molecule has 13 heavy (non-hydrogen) atoms. The van der Waals surface area contributed by atoms with Crippen molar-refractivity contribution in [3.8, 4) is 0 Å². The molecule has 1 amide bonds. The first-order valence-electron chi connectivity index (χ1n) is 3.99. The summed E-state index contributed by atoms with van der Waals surface area (Å²) in [5.41, 5.74) is 5.03. The van der Waals surface area contributed by atoms with Crippen LogP contribution in [0.15, 0.2) is 0 Å². The van der Waals surface area contributed by atoms with E-state index in [1.807, 2.05) is 0 Å². The summed E-state index contributed by atoms with van der Waals surface area (Å²) in [6, 6.07) is 0. The molecular weight excluding hydrogens is 185 g/mol. The summed E-state index contributed by atoms with van der Waals surface area (Å²) in [5, 5.41) is 0. The summed E-state index contributed by atoms with van der Waals surface area (Å²) in [6.45, 7) is -0.287. The van der Waals surface area contributed by atoms with Gasteiger partial charge in [0, 0.05) is 13.1 Å². The fraction of sp³-hybridized carbons (Fsp3) is 0.857. The zero-order valence-corrected chi connectivity index (χ0v) is 6.97. The number of nitrogens with two attached hydrogens (primary N) is 1. The van der Waals surface area contributed by atoms with E-state index >= 15 is 0 Å². The van der Waals surface area contributed by atoms with Crippen LogP contribution < -0.4 is 5.73 Å². The van der Waals surface area contributed by atoms with E-state index in [0.717, 1.165) is 4.90 Å². The maximum atomic E-state index is 12.1. The predicted octanol–water partition coefficient (Wildman–Crippen LogP) is 0.356. The van der Waals surface area contributed by atoms with Gasteiger partial charge in [0.25, 0.3) is 0 Å². The van der Waals surface area contributed by atoms with Crippen molar-refractivity contribution in [1.82, 2.24) is 4.90 Å². The molecule has 0 aromatic carbocycles. The van der Waals surface area contributed by atoms with Crippen molar-refractivity contribution in [3.05, 3.63) is 0 Å². The summed E-state index contributed by atoms with van der Waals surface area (Å²) in [6.07, 6.45) is -4.20. The maximum Gasteiger partial charge on any atom is 0.393 e. The van der Waals surface area contributed by atoms with Gasteiger partial charge in [-0.25, -0.2) is 0 Å². The summed E-state index contributed by atoms with van der Waals surface area (Å²) < 4.78 is 36.4. The van der Waals surface area contributed by atoms with Gasteiger partial charge in [-0.05, 0) is 6.42 Å². The van der Waals surface area contributed by atoms with Crippen LogP contribution in [-0.2, 0) is 4.79 Å². The summed E-state index contributed by atoms with van der Waals surface area (Å²) in [5.74, 6) is -1.78. The third kappa shape index (κ3) is 2.33. The molecule has 3 nitrogen and oxygen atoms in total. The Bertz CT molecular complexity index is 204. The molecule has 0 bridgehead atoms. The van der Waals surface area contributed by atoms with Gasteiger partial charge in [0.05, 0.1) is 12.5 Å². The molecule has 1 heterocycles. The number of hydrogen-bond acceptors (Lipinski definition) is 2. The van der Waals surface area contributed by atoms with Crippen LogP contribution in [-0.4, -0.2) is 36.6 Å². The number of hydrogen-bond donors (Lipinski definition) is 1. The van der Waals surface area contributed by atoms with Crippen molar-refractivity contribution in [2.45, 2.75) is 12.6 Å². The van der Waals surface area contributed by atoms with Crippen LogP contribution >= 0.6 is 0 Å². The van der Waals surface area contributed by atoms with E-state index in [1.54, 1.807) is 0 Å². The average Bonchev–Trinajstić information content (AvgIpc) is 2.50. The summed E-state index contributed by atoms with van der Waals surface area (Å²) >= 11 is 0. The van der Waals surface area contributed by atoms with E-state index in [2.05, 4.69) is 0 Å². The second-order valence-corrected chi connectivity index (χ2v) is 3.07. The third-order valence-electron chi connectivity index (χ3n) is 2.18. The van der Waals surface area contributed by atoms with Crippen LogP contribution in [0.5, 0.6) is 0 Å². The highest BCUT2D eigenvalue weighted by atomic mass is 19.4. The molecule has 2 N–H and O–H groups in total. The van der Waals surface area contributed by atoms with E-state index in [4.69, 9.17) is 5.73 Å². The maximum absolute atomic E-state index is 12.1. The third-order valence-corrected chi connectivity index (χ3v) is 2.18. The minimum Gasteiger partial charge on any atom is -0.341 e. The molecule has 0 radical (unpaired) electrons. The van der Waals surface area contributed by atoms with Gasteiger partial charge in [-0.2, -0.15) is 13.2 Å². The molecule has 0 saturated carbocycles.